The molecule has 2 rings (SSSR count). The molecule has 5 nitrogen and oxygen atoms in total. The first-order valence-corrected chi connectivity index (χ1v) is 6.94. The van der Waals surface area contributed by atoms with Crippen LogP contribution in [0.25, 0.3) is 0 Å². The van der Waals surface area contributed by atoms with Crippen LogP contribution >= 0.6 is 0 Å². The first-order chi connectivity index (χ1) is 9.63. The summed E-state index contributed by atoms with van der Waals surface area (Å²) >= 11 is 0. The lowest BCUT2D eigenvalue weighted by atomic mass is 10.1. The number of hydrogen-bond donors (Lipinski definition) is 2. The molecule has 1 aliphatic rings. The van der Waals surface area contributed by atoms with Crippen LogP contribution in [0.4, 0.5) is 0 Å². The first kappa shape index (κ1) is 15.0. The van der Waals surface area contributed by atoms with E-state index in [1.165, 1.54) is 0 Å². The van der Waals surface area contributed by atoms with Crippen molar-refractivity contribution in [2.45, 2.75) is 19.1 Å². The second-order valence-electron chi connectivity index (χ2n) is 5.27. The number of nitrogens with zero attached hydrogens (tertiary/aromatic N) is 1. The summed E-state index contributed by atoms with van der Waals surface area (Å²) in [6.45, 7) is 4.37. The van der Waals surface area contributed by atoms with E-state index in [0.717, 1.165) is 43.9 Å². The molecule has 1 aromatic carbocycles. The van der Waals surface area contributed by atoms with Gasteiger partial charge in [0.25, 0.3) is 0 Å². The van der Waals surface area contributed by atoms with Crippen molar-refractivity contribution in [3.8, 4) is 0 Å². The number of nitrogens with one attached hydrogen (secondary N) is 1. The molecule has 0 aromatic heterocycles. The van der Waals surface area contributed by atoms with Crippen LogP contribution in [0.2, 0.25) is 0 Å². The SMILES string of the molecule is CN1CCOC(CNCc2ccc(CC(=O)O)cc2)C1. The van der Waals surface area contributed by atoms with Gasteiger partial charge in [-0.05, 0) is 18.2 Å². The van der Waals surface area contributed by atoms with E-state index in [2.05, 4.69) is 17.3 Å². The summed E-state index contributed by atoms with van der Waals surface area (Å²) in [5.74, 6) is -0.797. The highest BCUT2D eigenvalue weighted by atomic mass is 16.5. The molecule has 1 aliphatic heterocycles. The molecule has 20 heavy (non-hydrogen) atoms. The number of carboxylic acids is 1. The second-order valence-corrected chi connectivity index (χ2v) is 5.27. The van der Waals surface area contributed by atoms with Gasteiger partial charge in [0, 0.05) is 26.2 Å². The number of morpholine rings is 1. The Morgan fingerprint density at radius 2 is 2.10 bits per heavy atom. The molecule has 1 heterocycles. The summed E-state index contributed by atoms with van der Waals surface area (Å²) in [5.41, 5.74) is 1.99. The minimum absolute atomic E-state index is 0.0793. The Balaban J connectivity index is 1.72. The van der Waals surface area contributed by atoms with E-state index in [9.17, 15) is 4.79 Å². The summed E-state index contributed by atoms with van der Waals surface area (Å²) in [5, 5.41) is 12.1. The van der Waals surface area contributed by atoms with Crippen molar-refractivity contribution in [1.29, 1.82) is 0 Å². The van der Waals surface area contributed by atoms with Crippen molar-refractivity contribution in [2.75, 3.05) is 33.3 Å². The van der Waals surface area contributed by atoms with Gasteiger partial charge in [-0.3, -0.25) is 4.79 Å². The number of carboxylic acid groups (broad SMARTS) is 1. The third kappa shape index (κ3) is 4.92. The van der Waals surface area contributed by atoms with Crippen molar-refractivity contribution in [3.05, 3.63) is 35.4 Å². The number of rotatable bonds is 6. The van der Waals surface area contributed by atoms with Gasteiger partial charge in [0.15, 0.2) is 0 Å². The van der Waals surface area contributed by atoms with E-state index in [1.54, 1.807) is 0 Å². The Morgan fingerprint density at radius 3 is 2.75 bits per heavy atom. The van der Waals surface area contributed by atoms with Crippen LogP contribution in [-0.2, 0) is 22.5 Å². The van der Waals surface area contributed by atoms with E-state index >= 15 is 0 Å². The number of benzene rings is 1. The lowest BCUT2D eigenvalue weighted by molar-refractivity contribution is -0.136. The van der Waals surface area contributed by atoms with Crippen molar-refractivity contribution in [2.24, 2.45) is 0 Å². The van der Waals surface area contributed by atoms with Crippen LogP contribution in [0.15, 0.2) is 24.3 Å². The van der Waals surface area contributed by atoms with Crippen LogP contribution in [0.3, 0.4) is 0 Å². The fourth-order valence-electron chi connectivity index (χ4n) is 2.32. The van der Waals surface area contributed by atoms with Crippen molar-refractivity contribution < 1.29 is 14.6 Å². The number of carbonyl (C=O) groups is 1. The molecule has 0 bridgehead atoms. The summed E-state index contributed by atoms with van der Waals surface area (Å²) in [7, 11) is 2.11. The molecular formula is C15H22N2O3. The molecule has 0 saturated carbocycles. The lowest BCUT2D eigenvalue weighted by Gasteiger charge is -2.30. The highest BCUT2D eigenvalue weighted by molar-refractivity contribution is 5.70. The number of ether oxygens (including phenoxy) is 1. The molecule has 0 spiro atoms. The molecule has 1 fully saturated rings. The van der Waals surface area contributed by atoms with Crippen LogP contribution in [0.5, 0.6) is 0 Å². The second kappa shape index (κ2) is 7.38. The van der Waals surface area contributed by atoms with Gasteiger partial charge in [-0.1, -0.05) is 24.3 Å². The van der Waals surface area contributed by atoms with Crippen LogP contribution in [0.1, 0.15) is 11.1 Å². The molecule has 0 amide bonds. The molecular weight excluding hydrogens is 256 g/mol. The third-order valence-electron chi connectivity index (χ3n) is 3.42. The summed E-state index contributed by atoms with van der Waals surface area (Å²) in [6.07, 6.45) is 0.329. The van der Waals surface area contributed by atoms with Crippen LogP contribution in [0, 0.1) is 0 Å². The molecule has 1 unspecified atom stereocenters. The molecule has 5 heteroatoms. The van der Waals surface area contributed by atoms with Gasteiger partial charge in [0.1, 0.15) is 0 Å². The van der Waals surface area contributed by atoms with E-state index in [1.807, 2.05) is 24.3 Å². The molecule has 0 aliphatic carbocycles. The number of aliphatic carboxylic acids is 1. The highest BCUT2D eigenvalue weighted by Gasteiger charge is 2.16. The topological polar surface area (TPSA) is 61.8 Å². The van der Waals surface area contributed by atoms with E-state index in [0.29, 0.717) is 0 Å². The molecule has 110 valence electrons. The smallest absolute Gasteiger partial charge is 0.307 e. The van der Waals surface area contributed by atoms with Gasteiger partial charge in [-0.25, -0.2) is 0 Å². The van der Waals surface area contributed by atoms with Crippen LogP contribution in [-0.4, -0.2) is 55.4 Å². The predicted octanol–water partition coefficient (Wildman–Crippen LogP) is 0.734. The monoisotopic (exact) mass is 278 g/mol. The zero-order valence-electron chi connectivity index (χ0n) is 11.8. The van der Waals surface area contributed by atoms with Crippen molar-refractivity contribution in [1.82, 2.24) is 10.2 Å². The van der Waals surface area contributed by atoms with Gasteiger partial charge in [-0.15, -0.1) is 0 Å². The van der Waals surface area contributed by atoms with Gasteiger partial charge in [-0.2, -0.15) is 0 Å². The molecule has 2 N–H and O–H groups in total. The largest absolute Gasteiger partial charge is 0.481 e. The Morgan fingerprint density at radius 1 is 1.40 bits per heavy atom. The summed E-state index contributed by atoms with van der Waals surface area (Å²) < 4.78 is 5.68. The van der Waals surface area contributed by atoms with Gasteiger partial charge < -0.3 is 20.1 Å². The standard InChI is InChI=1S/C15H22N2O3/c1-17-6-7-20-14(11-17)10-16-9-13-4-2-12(3-5-13)8-15(18)19/h2-5,14,16H,6-11H2,1H3,(H,18,19). The van der Waals surface area contributed by atoms with E-state index < -0.39 is 5.97 Å². The Labute approximate surface area is 119 Å². The van der Waals surface area contributed by atoms with E-state index in [-0.39, 0.29) is 12.5 Å². The third-order valence-corrected chi connectivity index (χ3v) is 3.42. The molecule has 1 aromatic rings. The van der Waals surface area contributed by atoms with Gasteiger partial charge >= 0.3 is 5.97 Å². The first-order valence-electron chi connectivity index (χ1n) is 6.94. The Kier molecular flexibility index (Phi) is 5.52. The Bertz CT molecular complexity index is 433. The average molecular weight is 278 g/mol. The zero-order chi connectivity index (χ0) is 14.4. The predicted molar refractivity (Wildman–Crippen MR) is 76.7 cm³/mol. The van der Waals surface area contributed by atoms with E-state index in [4.69, 9.17) is 9.84 Å². The highest BCUT2D eigenvalue weighted by Crippen LogP contribution is 2.06. The molecule has 1 atom stereocenters. The van der Waals surface area contributed by atoms with Crippen molar-refractivity contribution in [3.63, 3.8) is 0 Å². The minimum Gasteiger partial charge on any atom is -0.481 e. The fourth-order valence-corrected chi connectivity index (χ4v) is 2.32. The maximum atomic E-state index is 10.6. The zero-order valence-corrected chi connectivity index (χ0v) is 11.8. The maximum absolute atomic E-state index is 10.6. The maximum Gasteiger partial charge on any atom is 0.307 e. The Hall–Kier alpha value is -1.43. The summed E-state index contributed by atoms with van der Waals surface area (Å²) in [4.78, 5) is 12.9. The number of likely N-dealkylation sites (N-methyl/N-ethyl adjacent to an activating group) is 1. The lowest BCUT2D eigenvalue weighted by Crippen LogP contribution is -2.44. The van der Waals surface area contributed by atoms with Gasteiger partial charge in [0.05, 0.1) is 19.1 Å². The fraction of sp³-hybridized carbons (Fsp3) is 0.533. The summed E-state index contributed by atoms with van der Waals surface area (Å²) in [6, 6.07) is 7.68. The number of hydrogen-bond acceptors (Lipinski definition) is 4. The van der Waals surface area contributed by atoms with Crippen LogP contribution < -0.4 is 5.32 Å². The minimum atomic E-state index is -0.797. The van der Waals surface area contributed by atoms with Gasteiger partial charge in [0.2, 0.25) is 0 Å². The molecule has 0 radical (unpaired) electrons. The van der Waals surface area contributed by atoms with Crippen molar-refractivity contribution >= 4 is 5.97 Å². The normalized spacial score (nSPS) is 19.9. The quantitative estimate of drug-likeness (QED) is 0.803. The average Bonchev–Trinajstić information content (AvgIpc) is 2.40. The molecule has 1 saturated heterocycles.